The molecule has 0 aliphatic heterocycles. The molecule has 0 fully saturated rings. The Bertz CT molecular complexity index is 580. The average molecular weight is 250 g/mol. The monoisotopic (exact) mass is 250 g/mol. The van der Waals surface area contributed by atoms with Gasteiger partial charge >= 0.3 is 5.88 Å². The van der Waals surface area contributed by atoms with Gasteiger partial charge in [0.1, 0.15) is 16.5 Å². The van der Waals surface area contributed by atoms with Crippen molar-refractivity contribution in [3.8, 4) is 0 Å². The number of nitrogens with one attached hydrogen (secondary N) is 1. The van der Waals surface area contributed by atoms with E-state index in [-0.39, 0.29) is 11.7 Å². The minimum atomic E-state index is -0.592. The predicted molar refractivity (Wildman–Crippen MR) is 63.8 cm³/mol. The molecule has 0 atom stereocenters. The molecule has 2 aromatic rings. The third-order valence-electron chi connectivity index (χ3n) is 2.45. The van der Waals surface area contributed by atoms with Gasteiger partial charge in [0.15, 0.2) is 0 Å². The van der Waals surface area contributed by atoms with Crippen LogP contribution in [-0.2, 0) is 6.54 Å². The minimum absolute atomic E-state index is 0.269. The third kappa shape index (κ3) is 2.65. The van der Waals surface area contributed by atoms with Gasteiger partial charge in [-0.25, -0.2) is 4.39 Å². The van der Waals surface area contributed by atoms with Crippen LogP contribution < -0.4 is 5.32 Å². The van der Waals surface area contributed by atoms with E-state index in [4.69, 9.17) is 4.42 Å². The summed E-state index contributed by atoms with van der Waals surface area (Å²) in [4.78, 5) is 9.83. The Morgan fingerprint density at radius 1 is 1.39 bits per heavy atom. The van der Waals surface area contributed by atoms with Crippen molar-refractivity contribution < 1.29 is 13.7 Å². The fourth-order valence-corrected chi connectivity index (χ4v) is 1.50. The Balaban J connectivity index is 2.02. The quantitative estimate of drug-likeness (QED) is 0.668. The first-order valence-electron chi connectivity index (χ1n) is 5.29. The number of rotatable bonds is 4. The topological polar surface area (TPSA) is 68.3 Å². The SMILES string of the molecule is Cc1cc(NCc2ccc([N+](=O)[O-])o2)ccc1F. The predicted octanol–water partition coefficient (Wildman–Crippen LogP) is 3.25. The molecule has 0 radical (unpaired) electrons. The van der Waals surface area contributed by atoms with E-state index in [1.807, 2.05) is 0 Å². The molecule has 1 heterocycles. The van der Waals surface area contributed by atoms with Crippen molar-refractivity contribution in [1.82, 2.24) is 0 Å². The minimum Gasteiger partial charge on any atom is -0.404 e. The van der Waals surface area contributed by atoms with Crippen LogP contribution in [0.25, 0.3) is 0 Å². The Morgan fingerprint density at radius 3 is 2.78 bits per heavy atom. The summed E-state index contributed by atoms with van der Waals surface area (Å²) in [6.45, 7) is 1.97. The van der Waals surface area contributed by atoms with Crippen LogP contribution in [0.3, 0.4) is 0 Å². The molecule has 0 saturated carbocycles. The van der Waals surface area contributed by atoms with Crippen molar-refractivity contribution in [3.05, 3.63) is 57.6 Å². The first-order chi connectivity index (χ1) is 8.56. The summed E-state index contributed by atoms with van der Waals surface area (Å²) in [6, 6.07) is 7.45. The fourth-order valence-electron chi connectivity index (χ4n) is 1.50. The second-order valence-corrected chi connectivity index (χ2v) is 3.81. The van der Waals surface area contributed by atoms with Crippen molar-refractivity contribution >= 4 is 11.6 Å². The molecule has 5 nitrogen and oxygen atoms in total. The van der Waals surface area contributed by atoms with Gasteiger partial charge < -0.3 is 9.73 Å². The lowest BCUT2D eigenvalue weighted by Gasteiger charge is -2.05. The summed E-state index contributed by atoms with van der Waals surface area (Å²) in [5, 5.41) is 13.4. The maximum absolute atomic E-state index is 13.0. The molecule has 18 heavy (non-hydrogen) atoms. The highest BCUT2D eigenvalue weighted by Gasteiger charge is 2.11. The zero-order valence-electron chi connectivity index (χ0n) is 9.64. The first kappa shape index (κ1) is 12.1. The number of anilines is 1. The second-order valence-electron chi connectivity index (χ2n) is 3.81. The van der Waals surface area contributed by atoms with E-state index in [2.05, 4.69) is 5.32 Å². The summed E-state index contributed by atoms with van der Waals surface area (Å²) in [6.07, 6.45) is 0. The lowest BCUT2D eigenvalue weighted by molar-refractivity contribution is -0.402. The van der Waals surface area contributed by atoms with E-state index < -0.39 is 4.92 Å². The van der Waals surface area contributed by atoms with Gasteiger partial charge in [-0.2, -0.15) is 0 Å². The van der Waals surface area contributed by atoms with E-state index in [0.717, 1.165) is 5.69 Å². The smallest absolute Gasteiger partial charge is 0.404 e. The van der Waals surface area contributed by atoms with Gasteiger partial charge in [-0.1, -0.05) is 0 Å². The Labute approximate surface area is 102 Å². The van der Waals surface area contributed by atoms with Crippen LogP contribution in [0.2, 0.25) is 0 Å². The lowest BCUT2D eigenvalue weighted by Crippen LogP contribution is -1.98. The van der Waals surface area contributed by atoms with E-state index in [9.17, 15) is 14.5 Å². The van der Waals surface area contributed by atoms with Crippen LogP contribution in [-0.4, -0.2) is 4.92 Å². The fraction of sp³-hybridized carbons (Fsp3) is 0.167. The largest absolute Gasteiger partial charge is 0.433 e. The van der Waals surface area contributed by atoms with Crippen molar-refractivity contribution in [2.75, 3.05) is 5.32 Å². The van der Waals surface area contributed by atoms with Crippen LogP contribution >= 0.6 is 0 Å². The number of furan rings is 1. The van der Waals surface area contributed by atoms with Gasteiger partial charge in [-0.05, 0) is 36.8 Å². The summed E-state index contributed by atoms with van der Waals surface area (Å²) in [5.41, 5.74) is 1.26. The maximum Gasteiger partial charge on any atom is 0.433 e. The number of nitro groups is 1. The van der Waals surface area contributed by atoms with Crippen LogP contribution in [0.15, 0.2) is 34.7 Å². The van der Waals surface area contributed by atoms with Gasteiger partial charge in [0.2, 0.25) is 0 Å². The van der Waals surface area contributed by atoms with E-state index >= 15 is 0 Å². The van der Waals surface area contributed by atoms with Gasteiger partial charge in [-0.15, -0.1) is 0 Å². The summed E-state index contributed by atoms with van der Waals surface area (Å²) < 4.78 is 18.0. The maximum atomic E-state index is 13.0. The Kier molecular flexibility index (Phi) is 3.27. The number of benzene rings is 1. The normalized spacial score (nSPS) is 10.3. The van der Waals surface area contributed by atoms with Gasteiger partial charge in [0.05, 0.1) is 12.6 Å². The number of hydrogen-bond donors (Lipinski definition) is 1. The molecule has 0 spiro atoms. The number of hydrogen-bond acceptors (Lipinski definition) is 4. The molecule has 1 aromatic heterocycles. The zero-order valence-corrected chi connectivity index (χ0v) is 9.64. The Morgan fingerprint density at radius 2 is 2.17 bits per heavy atom. The van der Waals surface area contributed by atoms with Gasteiger partial charge in [0.25, 0.3) is 0 Å². The molecule has 2 rings (SSSR count). The second kappa shape index (κ2) is 4.87. The molecule has 0 unspecified atom stereocenters. The standard InChI is InChI=1S/C12H11FN2O3/c1-8-6-9(2-4-11(8)13)14-7-10-3-5-12(18-10)15(16)17/h2-6,14H,7H2,1H3. The Hall–Kier alpha value is -2.37. The molecule has 6 heteroatoms. The molecule has 1 aromatic carbocycles. The molecule has 0 amide bonds. The summed E-state index contributed by atoms with van der Waals surface area (Å²) in [7, 11) is 0. The highest BCUT2D eigenvalue weighted by atomic mass is 19.1. The van der Waals surface area contributed by atoms with Crippen molar-refractivity contribution in [3.63, 3.8) is 0 Å². The zero-order chi connectivity index (χ0) is 13.1. The highest BCUT2D eigenvalue weighted by Crippen LogP contribution is 2.18. The van der Waals surface area contributed by atoms with E-state index in [0.29, 0.717) is 17.9 Å². The van der Waals surface area contributed by atoms with Gasteiger partial charge in [-0.3, -0.25) is 10.1 Å². The molecule has 94 valence electrons. The third-order valence-corrected chi connectivity index (χ3v) is 2.45. The molecule has 0 aliphatic carbocycles. The number of nitrogens with zero attached hydrogens (tertiary/aromatic N) is 1. The molecular formula is C12H11FN2O3. The van der Waals surface area contributed by atoms with E-state index in [1.54, 1.807) is 19.1 Å². The van der Waals surface area contributed by atoms with E-state index in [1.165, 1.54) is 18.2 Å². The van der Waals surface area contributed by atoms with Crippen molar-refractivity contribution in [2.45, 2.75) is 13.5 Å². The van der Waals surface area contributed by atoms with Crippen LogP contribution in [0.4, 0.5) is 16.0 Å². The van der Waals surface area contributed by atoms with Gasteiger partial charge in [0, 0.05) is 5.69 Å². The first-order valence-corrected chi connectivity index (χ1v) is 5.29. The lowest BCUT2D eigenvalue weighted by atomic mass is 10.2. The van der Waals surface area contributed by atoms with Crippen LogP contribution in [0, 0.1) is 22.9 Å². The summed E-state index contributed by atoms with van der Waals surface area (Å²) in [5.74, 6) is -0.111. The molecule has 0 bridgehead atoms. The average Bonchev–Trinajstić information content (AvgIpc) is 2.79. The number of halogens is 1. The molecular weight excluding hydrogens is 239 g/mol. The number of aryl methyl sites for hydroxylation is 1. The van der Waals surface area contributed by atoms with Crippen LogP contribution in [0.1, 0.15) is 11.3 Å². The molecule has 1 N–H and O–H groups in total. The van der Waals surface area contributed by atoms with Crippen molar-refractivity contribution in [1.29, 1.82) is 0 Å². The highest BCUT2D eigenvalue weighted by molar-refractivity contribution is 5.46. The molecule has 0 saturated heterocycles. The van der Waals surface area contributed by atoms with Crippen LogP contribution in [0.5, 0.6) is 0 Å². The summed E-state index contributed by atoms with van der Waals surface area (Å²) >= 11 is 0. The van der Waals surface area contributed by atoms with Crippen molar-refractivity contribution in [2.24, 2.45) is 0 Å². The molecule has 0 aliphatic rings.